The molecule has 1 aromatic rings. The number of hydrogen-bond donors (Lipinski definition) is 1. The molecule has 98 valence electrons. The smallest absolute Gasteiger partial charge is 0.303 e. The van der Waals surface area contributed by atoms with Gasteiger partial charge in [-0.25, -0.2) is 4.39 Å². The number of carbonyl (C=O) groups is 2. The monoisotopic (exact) mass is 254 g/mol. The first-order valence-corrected chi connectivity index (χ1v) is 5.52. The topological polar surface area (TPSA) is 63.6 Å². The third kappa shape index (κ3) is 3.84. The fourth-order valence-corrected chi connectivity index (χ4v) is 1.69. The molecule has 18 heavy (non-hydrogen) atoms. The highest BCUT2D eigenvalue weighted by atomic mass is 19.1. The lowest BCUT2D eigenvalue weighted by Crippen LogP contribution is -2.11. The van der Waals surface area contributed by atoms with E-state index in [-0.39, 0.29) is 30.1 Å². The summed E-state index contributed by atoms with van der Waals surface area (Å²) in [6.45, 7) is 1.66. The van der Waals surface area contributed by atoms with Crippen LogP contribution in [0.4, 0.5) is 4.39 Å². The number of benzene rings is 1. The van der Waals surface area contributed by atoms with E-state index in [0.29, 0.717) is 5.75 Å². The first kappa shape index (κ1) is 14.2. The lowest BCUT2D eigenvalue weighted by molar-refractivity contribution is -0.137. The summed E-state index contributed by atoms with van der Waals surface area (Å²) in [7, 11) is 1.39. The maximum Gasteiger partial charge on any atom is 0.303 e. The van der Waals surface area contributed by atoms with Crippen molar-refractivity contribution in [2.45, 2.75) is 19.8 Å². The molecule has 0 saturated heterocycles. The average molecular weight is 254 g/mol. The molecule has 1 aromatic carbocycles. The molecule has 4 nitrogen and oxygen atoms in total. The summed E-state index contributed by atoms with van der Waals surface area (Å²) < 4.78 is 18.1. The average Bonchev–Trinajstić information content (AvgIpc) is 2.27. The molecule has 1 rings (SSSR count). The van der Waals surface area contributed by atoms with E-state index in [9.17, 15) is 14.0 Å². The van der Waals surface area contributed by atoms with Crippen LogP contribution in [0.3, 0.4) is 0 Å². The minimum atomic E-state index is -0.957. The Labute approximate surface area is 104 Å². The molecule has 5 heteroatoms. The van der Waals surface area contributed by atoms with Gasteiger partial charge in [0.25, 0.3) is 0 Å². The van der Waals surface area contributed by atoms with Crippen molar-refractivity contribution in [2.75, 3.05) is 7.11 Å². The Hall–Kier alpha value is -1.91. The summed E-state index contributed by atoms with van der Waals surface area (Å²) in [5.74, 6) is -1.81. The fourth-order valence-electron chi connectivity index (χ4n) is 1.69. The first-order chi connectivity index (χ1) is 8.43. The lowest BCUT2D eigenvalue weighted by Gasteiger charge is -2.10. The van der Waals surface area contributed by atoms with Crippen LogP contribution in [0.1, 0.15) is 30.1 Å². The minimum Gasteiger partial charge on any atom is -0.496 e. The summed E-state index contributed by atoms with van der Waals surface area (Å²) in [6.07, 6.45) is -0.0461. The molecule has 0 spiro atoms. The molecule has 0 saturated carbocycles. The van der Waals surface area contributed by atoms with Gasteiger partial charge in [-0.1, -0.05) is 6.92 Å². The number of Topliss-reactive ketones (excluding diaryl/α,β-unsaturated/α-hetero) is 1. The Morgan fingerprint density at radius 2 is 2.06 bits per heavy atom. The number of aliphatic carboxylic acids is 1. The van der Waals surface area contributed by atoms with Crippen molar-refractivity contribution < 1.29 is 23.8 Å². The Bertz CT molecular complexity index is 456. The molecule has 1 atom stereocenters. The second-order valence-electron chi connectivity index (χ2n) is 4.17. The third-order valence-electron chi connectivity index (χ3n) is 2.52. The molecular weight excluding hydrogens is 239 g/mol. The van der Waals surface area contributed by atoms with Gasteiger partial charge in [-0.05, 0) is 24.1 Å². The zero-order valence-electron chi connectivity index (χ0n) is 10.3. The fraction of sp³-hybridized carbons (Fsp3) is 0.385. The number of carboxylic acids is 1. The molecule has 0 aliphatic carbocycles. The summed E-state index contributed by atoms with van der Waals surface area (Å²) in [5.41, 5.74) is 0.148. The van der Waals surface area contributed by atoms with E-state index in [1.54, 1.807) is 6.92 Å². The zero-order valence-corrected chi connectivity index (χ0v) is 10.3. The zero-order chi connectivity index (χ0) is 13.7. The van der Waals surface area contributed by atoms with Crippen molar-refractivity contribution in [3.8, 4) is 5.75 Å². The van der Waals surface area contributed by atoms with Gasteiger partial charge in [-0.2, -0.15) is 0 Å². The number of ether oxygens (including phenoxy) is 1. The first-order valence-electron chi connectivity index (χ1n) is 5.52. The van der Waals surface area contributed by atoms with Gasteiger partial charge >= 0.3 is 5.97 Å². The highest BCUT2D eigenvalue weighted by molar-refractivity contribution is 5.98. The van der Waals surface area contributed by atoms with E-state index < -0.39 is 11.8 Å². The molecule has 0 aliphatic heterocycles. The van der Waals surface area contributed by atoms with Crippen LogP contribution in [-0.2, 0) is 4.79 Å². The van der Waals surface area contributed by atoms with Gasteiger partial charge in [-0.3, -0.25) is 9.59 Å². The van der Waals surface area contributed by atoms with Crippen LogP contribution in [0.5, 0.6) is 5.75 Å². The van der Waals surface area contributed by atoms with Crippen LogP contribution in [0.15, 0.2) is 18.2 Å². The Kier molecular flexibility index (Phi) is 4.83. The number of halogens is 1. The SMILES string of the molecule is COc1ccc(F)cc1C(=O)C[C@H](C)CC(=O)O. The van der Waals surface area contributed by atoms with Gasteiger partial charge in [-0.15, -0.1) is 0 Å². The van der Waals surface area contributed by atoms with Gasteiger partial charge in [0.2, 0.25) is 0 Å². The minimum absolute atomic E-state index is 0.0477. The maximum absolute atomic E-state index is 13.1. The summed E-state index contributed by atoms with van der Waals surface area (Å²) in [6, 6.07) is 3.69. The molecule has 0 unspecified atom stereocenters. The summed E-state index contributed by atoms with van der Waals surface area (Å²) in [5, 5.41) is 8.62. The van der Waals surface area contributed by atoms with Gasteiger partial charge in [0.05, 0.1) is 12.7 Å². The lowest BCUT2D eigenvalue weighted by atomic mass is 9.96. The van der Waals surface area contributed by atoms with Crippen LogP contribution in [0.2, 0.25) is 0 Å². The standard InChI is InChI=1S/C13H15FO4/c1-8(6-13(16)17)5-11(15)10-7-9(14)3-4-12(10)18-2/h3-4,7-8H,5-6H2,1-2H3,(H,16,17)/t8-/m0/s1. The van der Waals surface area contributed by atoms with Crippen molar-refractivity contribution in [2.24, 2.45) is 5.92 Å². The predicted octanol–water partition coefficient (Wildman–Crippen LogP) is 2.52. The molecule has 1 N–H and O–H groups in total. The molecule has 0 amide bonds. The van der Waals surface area contributed by atoms with Crippen LogP contribution >= 0.6 is 0 Å². The normalized spacial score (nSPS) is 11.9. The number of carboxylic acid groups (broad SMARTS) is 1. The van der Waals surface area contributed by atoms with E-state index in [4.69, 9.17) is 9.84 Å². The Balaban J connectivity index is 2.83. The molecular formula is C13H15FO4. The quantitative estimate of drug-likeness (QED) is 0.792. The van der Waals surface area contributed by atoms with Gasteiger partial charge in [0, 0.05) is 12.8 Å². The van der Waals surface area contributed by atoms with Gasteiger partial charge < -0.3 is 9.84 Å². The molecule has 0 aliphatic rings. The van der Waals surface area contributed by atoms with Gasteiger partial charge in [0.15, 0.2) is 5.78 Å². The van der Waals surface area contributed by atoms with Crippen molar-refractivity contribution in [3.63, 3.8) is 0 Å². The summed E-state index contributed by atoms with van der Waals surface area (Å²) in [4.78, 5) is 22.4. The number of rotatable bonds is 6. The van der Waals surface area contributed by atoms with E-state index in [0.717, 1.165) is 6.07 Å². The van der Waals surface area contributed by atoms with Crippen LogP contribution < -0.4 is 4.74 Å². The van der Waals surface area contributed by atoms with E-state index in [2.05, 4.69) is 0 Å². The molecule has 0 aromatic heterocycles. The second-order valence-corrected chi connectivity index (χ2v) is 4.17. The molecule has 0 fully saturated rings. The van der Waals surface area contributed by atoms with Crippen molar-refractivity contribution in [1.29, 1.82) is 0 Å². The van der Waals surface area contributed by atoms with Crippen LogP contribution in [0.25, 0.3) is 0 Å². The van der Waals surface area contributed by atoms with Crippen molar-refractivity contribution in [3.05, 3.63) is 29.6 Å². The van der Waals surface area contributed by atoms with E-state index in [1.165, 1.54) is 19.2 Å². The number of methoxy groups -OCH3 is 1. The largest absolute Gasteiger partial charge is 0.496 e. The molecule has 0 heterocycles. The summed E-state index contributed by atoms with van der Waals surface area (Å²) >= 11 is 0. The molecule has 0 bridgehead atoms. The number of carbonyl (C=O) groups excluding carboxylic acids is 1. The highest BCUT2D eigenvalue weighted by Gasteiger charge is 2.18. The van der Waals surface area contributed by atoms with E-state index >= 15 is 0 Å². The Morgan fingerprint density at radius 3 is 2.61 bits per heavy atom. The number of ketones is 1. The highest BCUT2D eigenvalue weighted by Crippen LogP contribution is 2.23. The van der Waals surface area contributed by atoms with Crippen LogP contribution in [-0.4, -0.2) is 24.0 Å². The van der Waals surface area contributed by atoms with E-state index in [1.807, 2.05) is 0 Å². The van der Waals surface area contributed by atoms with Crippen molar-refractivity contribution in [1.82, 2.24) is 0 Å². The predicted molar refractivity (Wildman–Crippen MR) is 63.3 cm³/mol. The maximum atomic E-state index is 13.1. The van der Waals surface area contributed by atoms with Crippen LogP contribution in [0, 0.1) is 11.7 Å². The Morgan fingerprint density at radius 1 is 1.39 bits per heavy atom. The second kappa shape index (κ2) is 6.14. The third-order valence-corrected chi connectivity index (χ3v) is 2.52. The molecule has 0 radical (unpaired) electrons. The number of hydrogen-bond acceptors (Lipinski definition) is 3. The van der Waals surface area contributed by atoms with Gasteiger partial charge in [0.1, 0.15) is 11.6 Å². The van der Waals surface area contributed by atoms with Crippen molar-refractivity contribution >= 4 is 11.8 Å².